The fourth-order valence-electron chi connectivity index (χ4n) is 0.982. The van der Waals surface area contributed by atoms with Gasteiger partial charge in [-0.2, -0.15) is 22.8 Å². The largest absolute Gasteiger partial charge is 0.436 e. The summed E-state index contributed by atoms with van der Waals surface area (Å²) in [4.78, 5) is 2.14. The lowest BCUT2D eigenvalue weighted by atomic mass is 10.1. The summed E-state index contributed by atoms with van der Waals surface area (Å²) in [5.41, 5.74) is -3.45. The Morgan fingerprint density at radius 1 is 1.11 bits per heavy atom. The second-order valence-corrected chi connectivity index (χ2v) is 2.69. The highest BCUT2D eigenvalue weighted by molar-refractivity contribution is 5.26. The van der Waals surface area contributed by atoms with Crippen molar-refractivity contribution in [3.63, 3.8) is 0 Å². The SMILES string of the molecule is CC.N#CCc1c(F)c(F)nc(C(F)(F)F)c1F. The molecular weight excluding hydrogens is 262 g/mol. The third-order valence-corrected chi connectivity index (χ3v) is 1.65. The average Bonchev–Trinajstić information content (AvgIpc) is 2.30. The molecule has 0 saturated carbocycles. The molecule has 0 aromatic carbocycles. The summed E-state index contributed by atoms with van der Waals surface area (Å²) in [6, 6.07) is 1.23. The van der Waals surface area contributed by atoms with E-state index in [0.717, 1.165) is 0 Å². The van der Waals surface area contributed by atoms with Crippen LogP contribution in [0, 0.1) is 28.9 Å². The second-order valence-electron chi connectivity index (χ2n) is 2.69. The van der Waals surface area contributed by atoms with Crippen molar-refractivity contribution in [3.8, 4) is 6.07 Å². The van der Waals surface area contributed by atoms with Gasteiger partial charge in [0.05, 0.1) is 12.5 Å². The highest BCUT2D eigenvalue weighted by Crippen LogP contribution is 2.32. The number of alkyl halides is 3. The molecule has 0 N–H and O–H groups in total. The third-order valence-electron chi connectivity index (χ3n) is 1.65. The van der Waals surface area contributed by atoms with E-state index in [4.69, 9.17) is 5.26 Å². The van der Waals surface area contributed by atoms with Crippen molar-refractivity contribution in [2.24, 2.45) is 0 Å². The van der Waals surface area contributed by atoms with E-state index in [1.165, 1.54) is 6.07 Å². The molecule has 0 bridgehead atoms. The molecule has 0 radical (unpaired) electrons. The Kier molecular flexibility index (Phi) is 5.62. The van der Waals surface area contributed by atoms with Crippen molar-refractivity contribution in [2.75, 3.05) is 0 Å². The van der Waals surface area contributed by atoms with Gasteiger partial charge in [0.25, 0.3) is 0 Å². The van der Waals surface area contributed by atoms with E-state index in [1.807, 2.05) is 13.8 Å². The van der Waals surface area contributed by atoms with Gasteiger partial charge in [0.1, 0.15) is 0 Å². The Hall–Kier alpha value is -1.78. The standard InChI is InChI=1S/C8H2F6N2.C2H6/c9-4-3(1-2-15)5(10)7(11)16-6(4)8(12,13)14;1-2/h1H2;1-2H3. The first-order valence-electron chi connectivity index (χ1n) is 4.76. The lowest BCUT2D eigenvalue weighted by molar-refractivity contribution is -0.144. The van der Waals surface area contributed by atoms with E-state index in [0.29, 0.717) is 0 Å². The maximum absolute atomic E-state index is 13.1. The zero-order chi connectivity index (χ0) is 14.5. The van der Waals surface area contributed by atoms with Crippen LogP contribution >= 0.6 is 0 Å². The van der Waals surface area contributed by atoms with Crippen molar-refractivity contribution in [1.29, 1.82) is 5.26 Å². The van der Waals surface area contributed by atoms with Gasteiger partial charge in [-0.1, -0.05) is 13.8 Å². The van der Waals surface area contributed by atoms with Crippen LogP contribution in [-0.2, 0) is 12.6 Å². The van der Waals surface area contributed by atoms with Crippen molar-refractivity contribution < 1.29 is 26.3 Å². The molecule has 0 amide bonds. The molecular formula is C10H8F6N2. The summed E-state index contributed by atoms with van der Waals surface area (Å²) >= 11 is 0. The van der Waals surface area contributed by atoms with Gasteiger partial charge in [-0.25, -0.2) is 13.8 Å². The molecule has 0 aliphatic heterocycles. The molecule has 18 heavy (non-hydrogen) atoms. The first-order valence-corrected chi connectivity index (χ1v) is 4.76. The van der Waals surface area contributed by atoms with Crippen LogP contribution in [0.5, 0.6) is 0 Å². The topological polar surface area (TPSA) is 36.7 Å². The van der Waals surface area contributed by atoms with E-state index in [9.17, 15) is 26.3 Å². The van der Waals surface area contributed by atoms with Gasteiger partial charge in [0, 0.05) is 5.56 Å². The molecule has 1 aromatic heterocycles. The second kappa shape index (κ2) is 6.23. The fraction of sp³-hybridized carbons (Fsp3) is 0.400. The van der Waals surface area contributed by atoms with Crippen molar-refractivity contribution in [1.82, 2.24) is 4.98 Å². The Morgan fingerprint density at radius 3 is 2.00 bits per heavy atom. The van der Waals surface area contributed by atoms with Gasteiger partial charge in [0.2, 0.25) is 5.95 Å². The number of hydrogen-bond donors (Lipinski definition) is 0. The number of halogens is 6. The number of hydrogen-bond acceptors (Lipinski definition) is 2. The molecule has 0 aliphatic carbocycles. The van der Waals surface area contributed by atoms with Crippen LogP contribution < -0.4 is 0 Å². The minimum Gasteiger partial charge on any atom is -0.209 e. The first-order chi connectivity index (χ1) is 8.29. The zero-order valence-electron chi connectivity index (χ0n) is 9.37. The van der Waals surface area contributed by atoms with Gasteiger partial charge >= 0.3 is 6.18 Å². The van der Waals surface area contributed by atoms with Crippen LogP contribution in [0.25, 0.3) is 0 Å². The third kappa shape index (κ3) is 3.35. The van der Waals surface area contributed by atoms with E-state index >= 15 is 0 Å². The number of nitrogens with zero attached hydrogens (tertiary/aromatic N) is 2. The molecule has 8 heteroatoms. The molecule has 0 saturated heterocycles. The van der Waals surface area contributed by atoms with Crippen molar-refractivity contribution in [3.05, 3.63) is 28.8 Å². The Labute approximate surface area is 98.9 Å². The van der Waals surface area contributed by atoms with E-state index < -0.39 is 41.4 Å². The zero-order valence-corrected chi connectivity index (χ0v) is 9.37. The Bertz CT molecular complexity index is 461. The normalized spacial score (nSPS) is 10.4. The summed E-state index contributed by atoms with van der Waals surface area (Å²) in [6.45, 7) is 4.00. The minimum absolute atomic E-state index is 1.01. The monoisotopic (exact) mass is 270 g/mol. The molecule has 0 atom stereocenters. The van der Waals surface area contributed by atoms with Gasteiger partial charge in [-0.05, 0) is 0 Å². The van der Waals surface area contributed by atoms with Crippen LogP contribution in [0.15, 0.2) is 0 Å². The van der Waals surface area contributed by atoms with Crippen LogP contribution in [0.1, 0.15) is 25.1 Å². The maximum atomic E-state index is 13.1. The first kappa shape index (κ1) is 16.2. The van der Waals surface area contributed by atoms with E-state index in [2.05, 4.69) is 4.98 Å². The lowest BCUT2D eigenvalue weighted by Gasteiger charge is -2.09. The molecule has 0 fully saturated rings. The average molecular weight is 270 g/mol. The van der Waals surface area contributed by atoms with Gasteiger partial charge < -0.3 is 0 Å². The molecule has 1 rings (SSSR count). The quantitative estimate of drug-likeness (QED) is 0.577. The highest BCUT2D eigenvalue weighted by Gasteiger charge is 2.39. The maximum Gasteiger partial charge on any atom is 0.436 e. The fourth-order valence-corrected chi connectivity index (χ4v) is 0.982. The summed E-state index contributed by atoms with van der Waals surface area (Å²) in [7, 11) is 0. The summed E-state index contributed by atoms with van der Waals surface area (Å²) < 4.78 is 74.8. The number of aromatic nitrogens is 1. The van der Waals surface area contributed by atoms with Crippen LogP contribution in [0.2, 0.25) is 0 Å². The van der Waals surface area contributed by atoms with Crippen LogP contribution in [0.4, 0.5) is 26.3 Å². The molecule has 100 valence electrons. The summed E-state index contributed by atoms with van der Waals surface area (Å²) in [5, 5.41) is 8.15. The molecule has 0 unspecified atom stereocenters. The molecule has 0 spiro atoms. The van der Waals surface area contributed by atoms with Crippen molar-refractivity contribution in [2.45, 2.75) is 26.4 Å². The number of pyridine rings is 1. The Balaban J connectivity index is 0.00000137. The molecule has 0 aliphatic rings. The molecule has 1 heterocycles. The lowest BCUT2D eigenvalue weighted by Crippen LogP contribution is -2.16. The van der Waals surface area contributed by atoms with Gasteiger partial charge in [-0.15, -0.1) is 0 Å². The van der Waals surface area contributed by atoms with Crippen LogP contribution in [-0.4, -0.2) is 4.98 Å². The predicted octanol–water partition coefficient (Wildman–Crippen LogP) is 3.61. The summed E-state index contributed by atoms with van der Waals surface area (Å²) in [5.74, 6) is -6.03. The van der Waals surface area contributed by atoms with Crippen LogP contribution in [0.3, 0.4) is 0 Å². The molecule has 2 nitrogen and oxygen atoms in total. The number of rotatable bonds is 1. The van der Waals surface area contributed by atoms with Gasteiger partial charge in [-0.3, -0.25) is 0 Å². The van der Waals surface area contributed by atoms with E-state index in [-0.39, 0.29) is 0 Å². The predicted molar refractivity (Wildman–Crippen MR) is 49.8 cm³/mol. The smallest absolute Gasteiger partial charge is 0.209 e. The Morgan fingerprint density at radius 2 is 1.61 bits per heavy atom. The molecule has 1 aromatic rings. The van der Waals surface area contributed by atoms with Gasteiger partial charge in [0.15, 0.2) is 17.3 Å². The number of nitriles is 1. The summed E-state index contributed by atoms with van der Waals surface area (Å²) in [6.07, 6.45) is -6.26. The van der Waals surface area contributed by atoms with Crippen molar-refractivity contribution >= 4 is 0 Å². The minimum atomic E-state index is -5.25. The van der Waals surface area contributed by atoms with E-state index in [1.54, 1.807) is 0 Å². The highest BCUT2D eigenvalue weighted by atomic mass is 19.4.